The van der Waals surface area contributed by atoms with Gasteiger partial charge < -0.3 is 4.90 Å². The summed E-state index contributed by atoms with van der Waals surface area (Å²) in [6, 6.07) is 5.20. The van der Waals surface area contributed by atoms with Crippen LogP contribution in [0.15, 0.2) is 12.1 Å². The number of benzene rings is 2. The molecule has 0 saturated heterocycles. The summed E-state index contributed by atoms with van der Waals surface area (Å²) in [7, 11) is 0. The Hall–Kier alpha value is -2.09. The van der Waals surface area contributed by atoms with Crippen molar-refractivity contribution >= 4 is 11.3 Å². The summed E-state index contributed by atoms with van der Waals surface area (Å²) in [6.07, 6.45) is 12.9. The summed E-state index contributed by atoms with van der Waals surface area (Å²) in [5.74, 6) is 0. The fourth-order valence-electron chi connectivity index (χ4n) is 7.25. The molecule has 32 heavy (non-hydrogen) atoms. The SMILES string of the molecule is CC1=c2cc3c4c(c2Cc2c1cc1c5c2CCCN5CCC1)CCC[N+]=4CCC3.CCC. The molecule has 0 saturated carbocycles. The van der Waals surface area contributed by atoms with Gasteiger partial charge in [0, 0.05) is 42.7 Å². The molecule has 2 aromatic carbocycles. The first-order chi connectivity index (χ1) is 15.7. The van der Waals surface area contributed by atoms with Crippen LogP contribution in [-0.2, 0) is 32.1 Å². The summed E-state index contributed by atoms with van der Waals surface area (Å²) in [5, 5.41) is 3.23. The van der Waals surface area contributed by atoms with Crippen LogP contribution in [0.2, 0.25) is 0 Å². The van der Waals surface area contributed by atoms with E-state index in [1.165, 1.54) is 90.4 Å². The zero-order chi connectivity index (χ0) is 21.8. The standard InChI is InChI=1S/C27H31N2.C3H8/c1-17-22-14-18-6-2-10-28-12-4-8-20(26(18)28)24(22)16-25-21-9-5-13-29-11-3-7-19(27(21)29)15-23(17)25;1-3-2/h14-15H,2-13,16H2,1H3;3H2,1-2H3/q+1;. The topological polar surface area (TPSA) is 6.25 Å². The molecule has 2 aromatic rings. The van der Waals surface area contributed by atoms with Crippen LogP contribution >= 0.6 is 0 Å². The van der Waals surface area contributed by atoms with Crippen LogP contribution in [0.3, 0.4) is 0 Å². The smallest absolute Gasteiger partial charge is 0.206 e. The van der Waals surface area contributed by atoms with E-state index >= 15 is 0 Å². The zero-order valence-electron chi connectivity index (χ0n) is 20.4. The van der Waals surface area contributed by atoms with E-state index in [2.05, 4.69) is 42.4 Å². The van der Waals surface area contributed by atoms with E-state index in [1.54, 1.807) is 60.8 Å². The lowest BCUT2D eigenvalue weighted by Crippen LogP contribution is -2.46. The van der Waals surface area contributed by atoms with Crippen LogP contribution in [0, 0.1) is 0 Å². The van der Waals surface area contributed by atoms with Crippen molar-refractivity contribution in [2.24, 2.45) is 0 Å². The number of nitrogens with zero attached hydrogens (tertiary/aromatic N) is 2. The second kappa shape index (κ2) is 8.04. The number of aryl methyl sites for hydroxylation is 2. The average Bonchev–Trinajstić information content (AvgIpc) is 2.82. The first-order valence-electron chi connectivity index (χ1n) is 13.4. The number of rotatable bonds is 0. The third-order valence-electron chi connectivity index (χ3n) is 8.45. The minimum absolute atomic E-state index is 1.18. The first kappa shape index (κ1) is 20.5. The summed E-state index contributed by atoms with van der Waals surface area (Å²) < 4.78 is 2.71. The fourth-order valence-corrected chi connectivity index (χ4v) is 7.25. The maximum Gasteiger partial charge on any atom is 0.206 e. The Kier molecular flexibility index (Phi) is 5.16. The first-order valence-corrected chi connectivity index (χ1v) is 13.4. The second-order valence-electron chi connectivity index (χ2n) is 10.7. The molecule has 0 atom stereocenters. The van der Waals surface area contributed by atoms with E-state index in [9.17, 15) is 0 Å². The van der Waals surface area contributed by atoms with E-state index in [1.807, 2.05) is 0 Å². The molecule has 1 aliphatic carbocycles. The van der Waals surface area contributed by atoms with Gasteiger partial charge in [0.25, 0.3) is 0 Å². The molecule has 4 aliphatic heterocycles. The van der Waals surface area contributed by atoms with Crippen LogP contribution in [-0.4, -0.2) is 26.2 Å². The van der Waals surface area contributed by atoms with E-state index < -0.39 is 0 Å². The van der Waals surface area contributed by atoms with Gasteiger partial charge in [-0.3, -0.25) is 0 Å². The molecule has 0 unspecified atom stereocenters. The molecule has 0 fully saturated rings. The predicted octanol–water partition coefficient (Wildman–Crippen LogP) is 4.31. The Morgan fingerprint density at radius 2 is 1.47 bits per heavy atom. The lowest BCUT2D eigenvalue weighted by atomic mass is 9.76. The Morgan fingerprint density at radius 1 is 0.781 bits per heavy atom. The van der Waals surface area contributed by atoms with Crippen LogP contribution in [0.1, 0.15) is 91.8 Å². The van der Waals surface area contributed by atoms with Crippen molar-refractivity contribution in [1.29, 1.82) is 0 Å². The van der Waals surface area contributed by atoms with Crippen molar-refractivity contribution in [1.82, 2.24) is 4.58 Å². The molecule has 168 valence electrons. The number of fused-ring (bicyclic) bond motifs is 4. The average molecular weight is 428 g/mol. The molecule has 2 nitrogen and oxygen atoms in total. The minimum Gasteiger partial charge on any atom is -0.371 e. The fraction of sp³-hybridized carbons (Fsp3) is 0.567. The minimum atomic E-state index is 1.18. The van der Waals surface area contributed by atoms with Gasteiger partial charge >= 0.3 is 0 Å². The van der Waals surface area contributed by atoms with Gasteiger partial charge in [-0.2, -0.15) is 0 Å². The second-order valence-corrected chi connectivity index (χ2v) is 10.7. The molecule has 0 spiro atoms. The molecule has 4 heterocycles. The molecule has 0 radical (unpaired) electrons. The lowest BCUT2D eigenvalue weighted by Gasteiger charge is -2.39. The highest BCUT2D eigenvalue weighted by Gasteiger charge is 2.32. The maximum atomic E-state index is 2.71. The van der Waals surface area contributed by atoms with Gasteiger partial charge in [0.05, 0.1) is 0 Å². The van der Waals surface area contributed by atoms with Crippen molar-refractivity contribution < 1.29 is 0 Å². The molecular weight excluding hydrogens is 388 g/mol. The van der Waals surface area contributed by atoms with Crippen molar-refractivity contribution in [3.8, 4) is 0 Å². The number of hydrogen-bond donors (Lipinski definition) is 0. The molecule has 5 aliphatic rings. The molecule has 0 bridgehead atoms. The van der Waals surface area contributed by atoms with Crippen molar-refractivity contribution in [2.75, 3.05) is 31.1 Å². The third kappa shape index (κ3) is 3.01. The van der Waals surface area contributed by atoms with Gasteiger partial charge in [-0.25, -0.2) is 4.58 Å². The number of hydrogen-bond acceptors (Lipinski definition) is 1. The van der Waals surface area contributed by atoms with Crippen molar-refractivity contribution in [3.63, 3.8) is 0 Å². The highest BCUT2D eigenvalue weighted by molar-refractivity contribution is 5.79. The summed E-state index contributed by atoms with van der Waals surface area (Å²) >= 11 is 0. The molecule has 2 heteroatoms. The van der Waals surface area contributed by atoms with Gasteiger partial charge in [-0.1, -0.05) is 20.3 Å². The Morgan fingerprint density at radius 3 is 2.28 bits per heavy atom. The monoisotopic (exact) mass is 427 g/mol. The third-order valence-corrected chi connectivity index (χ3v) is 8.45. The summed E-state index contributed by atoms with van der Waals surface area (Å²) in [6.45, 7) is 11.7. The molecule has 0 N–H and O–H groups in total. The molecular formula is C30H39N2+. The Balaban J connectivity index is 0.000000620. The van der Waals surface area contributed by atoms with E-state index in [0.29, 0.717) is 0 Å². The van der Waals surface area contributed by atoms with E-state index in [0.717, 1.165) is 0 Å². The Labute approximate surface area is 193 Å². The van der Waals surface area contributed by atoms with Crippen LogP contribution in [0.5, 0.6) is 0 Å². The van der Waals surface area contributed by atoms with Gasteiger partial charge in [0.15, 0.2) is 0 Å². The van der Waals surface area contributed by atoms with Gasteiger partial charge in [0.2, 0.25) is 5.36 Å². The summed E-state index contributed by atoms with van der Waals surface area (Å²) in [4.78, 5) is 2.71. The van der Waals surface area contributed by atoms with Crippen molar-refractivity contribution in [3.05, 3.63) is 61.7 Å². The van der Waals surface area contributed by atoms with Gasteiger partial charge in [-0.05, 0) is 103 Å². The largest absolute Gasteiger partial charge is 0.371 e. The maximum absolute atomic E-state index is 2.71. The summed E-state index contributed by atoms with van der Waals surface area (Å²) in [5.41, 5.74) is 14.9. The van der Waals surface area contributed by atoms with E-state index in [4.69, 9.17) is 0 Å². The zero-order valence-corrected chi connectivity index (χ0v) is 20.4. The highest BCUT2D eigenvalue weighted by Crippen LogP contribution is 2.42. The molecule has 0 amide bonds. The van der Waals surface area contributed by atoms with Gasteiger partial charge in [-0.15, -0.1) is 0 Å². The normalized spacial score (nSPS) is 19.9. The van der Waals surface area contributed by atoms with Crippen LogP contribution in [0.4, 0.5) is 5.69 Å². The van der Waals surface area contributed by atoms with Crippen LogP contribution < -0.4 is 20.1 Å². The number of anilines is 1. The lowest BCUT2D eigenvalue weighted by molar-refractivity contribution is 0.478. The molecule has 7 rings (SSSR count). The van der Waals surface area contributed by atoms with Crippen LogP contribution in [0.25, 0.3) is 5.57 Å². The quantitative estimate of drug-likeness (QED) is 0.568. The van der Waals surface area contributed by atoms with E-state index in [-0.39, 0.29) is 0 Å². The highest BCUT2D eigenvalue weighted by atomic mass is 15.1. The van der Waals surface area contributed by atoms with Crippen molar-refractivity contribution in [2.45, 2.75) is 85.0 Å². The molecule has 0 aromatic heterocycles. The Bertz CT molecular complexity index is 1210. The van der Waals surface area contributed by atoms with Gasteiger partial charge in [0.1, 0.15) is 13.1 Å². The predicted molar refractivity (Wildman–Crippen MR) is 136 cm³/mol.